The fraction of sp³-hybridized carbons (Fsp3) is 0.636. The summed E-state index contributed by atoms with van der Waals surface area (Å²) in [6.07, 6.45) is 1.68. The molecule has 0 aromatic heterocycles. The Hall–Kier alpha value is -1.30. The third-order valence-electron chi connectivity index (χ3n) is 2.77. The first-order chi connectivity index (χ1) is 6.37. The molecule has 76 valence electrons. The third-order valence-corrected chi connectivity index (χ3v) is 2.77. The van der Waals surface area contributed by atoms with Crippen molar-refractivity contribution < 1.29 is 9.90 Å². The number of hydrogen-bond acceptors (Lipinski definition) is 2. The van der Waals surface area contributed by atoms with Crippen LogP contribution in [-0.4, -0.2) is 11.1 Å². The summed E-state index contributed by atoms with van der Waals surface area (Å²) >= 11 is 0. The zero-order chi connectivity index (χ0) is 10.9. The van der Waals surface area contributed by atoms with Gasteiger partial charge in [-0.25, -0.2) is 4.79 Å². The van der Waals surface area contributed by atoms with E-state index in [-0.39, 0.29) is 16.9 Å². The number of nitrogens with zero attached hydrogens (tertiary/aromatic N) is 1. The van der Waals surface area contributed by atoms with E-state index in [0.29, 0.717) is 0 Å². The number of carboxylic acids is 1. The molecule has 1 rings (SSSR count). The van der Waals surface area contributed by atoms with E-state index in [1.807, 2.05) is 6.92 Å². The zero-order valence-corrected chi connectivity index (χ0v) is 8.79. The standard InChI is InChI=1S/C11H15NO2/c1-7-4-11(2,3)5-8(7)9(6-12)10(13)14/h7H,4-5H2,1-3H3,(H,13,14). The summed E-state index contributed by atoms with van der Waals surface area (Å²) < 4.78 is 0. The van der Waals surface area contributed by atoms with E-state index in [9.17, 15) is 4.79 Å². The van der Waals surface area contributed by atoms with E-state index < -0.39 is 5.97 Å². The summed E-state index contributed by atoms with van der Waals surface area (Å²) in [7, 11) is 0. The van der Waals surface area contributed by atoms with Crippen molar-refractivity contribution in [1.82, 2.24) is 0 Å². The van der Waals surface area contributed by atoms with Gasteiger partial charge in [-0.1, -0.05) is 20.8 Å². The van der Waals surface area contributed by atoms with Crippen LogP contribution < -0.4 is 0 Å². The first-order valence-electron chi connectivity index (χ1n) is 4.74. The molecule has 1 saturated carbocycles. The fourth-order valence-corrected chi connectivity index (χ4v) is 2.31. The van der Waals surface area contributed by atoms with E-state index in [1.54, 1.807) is 6.07 Å². The topological polar surface area (TPSA) is 61.1 Å². The Kier molecular flexibility index (Phi) is 2.66. The maximum atomic E-state index is 10.8. The largest absolute Gasteiger partial charge is 0.477 e. The monoisotopic (exact) mass is 193 g/mol. The van der Waals surface area contributed by atoms with E-state index >= 15 is 0 Å². The molecule has 0 spiro atoms. The summed E-state index contributed by atoms with van der Waals surface area (Å²) in [4.78, 5) is 10.8. The molecule has 0 amide bonds. The molecule has 3 nitrogen and oxygen atoms in total. The van der Waals surface area contributed by atoms with Gasteiger partial charge in [-0.2, -0.15) is 5.26 Å². The number of hydrogen-bond donors (Lipinski definition) is 1. The summed E-state index contributed by atoms with van der Waals surface area (Å²) in [6.45, 7) is 6.20. The molecule has 1 N–H and O–H groups in total. The van der Waals surface area contributed by atoms with Crippen LogP contribution in [0.2, 0.25) is 0 Å². The average molecular weight is 193 g/mol. The average Bonchev–Trinajstić information content (AvgIpc) is 2.26. The van der Waals surface area contributed by atoms with Crippen LogP contribution in [0.15, 0.2) is 11.1 Å². The molecule has 14 heavy (non-hydrogen) atoms. The molecule has 1 aliphatic carbocycles. The van der Waals surface area contributed by atoms with Crippen molar-refractivity contribution >= 4 is 5.97 Å². The molecular formula is C11H15NO2. The van der Waals surface area contributed by atoms with Gasteiger partial charge in [0, 0.05) is 0 Å². The number of rotatable bonds is 1. The Morgan fingerprint density at radius 3 is 2.50 bits per heavy atom. The Balaban J connectivity index is 3.10. The maximum absolute atomic E-state index is 10.8. The highest BCUT2D eigenvalue weighted by atomic mass is 16.4. The van der Waals surface area contributed by atoms with E-state index in [0.717, 1.165) is 18.4 Å². The predicted octanol–water partition coefficient (Wildman–Crippen LogP) is 2.35. The SMILES string of the molecule is CC1CC(C)(C)CC1=C(C#N)C(=O)O. The van der Waals surface area contributed by atoms with Gasteiger partial charge in [0.05, 0.1) is 0 Å². The molecule has 0 heterocycles. The molecule has 1 aliphatic rings. The highest BCUT2D eigenvalue weighted by Crippen LogP contribution is 2.45. The van der Waals surface area contributed by atoms with E-state index in [1.165, 1.54) is 0 Å². The lowest BCUT2D eigenvalue weighted by Crippen LogP contribution is -2.05. The second-order valence-electron chi connectivity index (χ2n) is 4.76. The third kappa shape index (κ3) is 1.95. The van der Waals surface area contributed by atoms with Crippen LogP contribution >= 0.6 is 0 Å². The highest BCUT2D eigenvalue weighted by Gasteiger charge is 2.35. The van der Waals surface area contributed by atoms with Crippen molar-refractivity contribution in [3.8, 4) is 6.07 Å². The molecule has 1 fully saturated rings. The minimum atomic E-state index is -1.09. The maximum Gasteiger partial charge on any atom is 0.346 e. The summed E-state index contributed by atoms with van der Waals surface area (Å²) in [5.41, 5.74) is 0.889. The van der Waals surface area contributed by atoms with Crippen molar-refractivity contribution in [1.29, 1.82) is 5.26 Å². The van der Waals surface area contributed by atoms with Crippen LogP contribution in [0.25, 0.3) is 0 Å². The normalized spacial score (nSPS) is 28.3. The Morgan fingerprint density at radius 1 is 1.64 bits per heavy atom. The number of carbonyl (C=O) groups is 1. The summed E-state index contributed by atoms with van der Waals surface area (Å²) in [6, 6.07) is 1.79. The van der Waals surface area contributed by atoms with Crippen molar-refractivity contribution in [3.63, 3.8) is 0 Å². The van der Waals surface area contributed by atoms with Gasteiger partial charge in [-0.05, 0) is 29.7 Å². The lowest BCUT2D eigenvalue weighted by Gasteiger charge is -2.14. The molecule has 0 radical (unpaired) electrons. The van der Waals surface area contributed by atoms with Crippen LogP contribution in [-0.2, 0) is 4.79 Å². The van der Waals surface area contributed by atoms with Crippen LogP contribution in [0, 0.1) is 22.7 Å². The van der Waals surface area contributed by atoms with Gasteiger partial charge < -0.3 is 5.11 Å². The summed E-state index contributed by atoms with van der Waals surface area (Å²) in [5, 5.41) is 17.6. The smallest absolute Gasteiger partial charge is 0.346 e. The van der Waals surface area contributed by atoms with Crippen LogP contribution in [0.4, 0.5) is 0 Å². The van der Waals surface area contributed by atoms with E-state index in [4.69, 9.17) is 10.4 Å². The van der Waals surface area contributed by atoms with Crippen molar-refractivity contribution in [3.05, 3.63) is 11.1 Å². The second-order valence-corrected chi connectivity index (χ2v) is 4.76. The van der Waals surface area contributed by atoms with Gasteiger partial charge >= 0.3 is 5.97 Å². The Labute approximate surface area is 84.0 Å². The number of aliphatic carboxylic acids is 1. The zero-order valence-electron chi connectivity index (χ0n) is 8.79. The highest BCUT2D eigenvalue weighted by molar-refractivity contribution is 5.92. The number of nitriles is 1. The Morgan fingerprint density at radius 2 is 2.21 bits per heavy atom. The van der Waals surface area contributed by atoms with Crippen molar-refractivity contribution in [2.45, 2.75) is 33.6 Å². The van der Waals surface area contributed by atoms with Gasteiger partial charge in [0.2, 0.25) is 0 Å². The van der Waals surface area contributed by atoms with Gasteiger partial charge in [0.1, 0.15) is 11.6 Å². The van der Waals surface area contributed by atoms with E-state index in [2.05, 4.69) is 13.8 Å². The molecule has 1 atom stereocenters. The molecule has 0 aliphatic heterocycles. The molecule has 0 saturated heterocycles. The number of carboxylic acid groups (broad SMARTS) is 1. The van der Waals surface area contributed by atoms with Crippen molar-refractivity contribution in [2.24, 2.45) is 11.3 Å². The first kappa shape index (κ1) is 10.8. The fourth-order valence-electron chi connectivity index (χ4n) is 2.31. The molecule has 0 aromatic rings. The molecule has 0 aromatic carbocycles. The molecule has 3 heteroatoms. The molecule has 1 unspecified atom stereocenters. The molecule has 0 bridgehead atoms. The van der Waals surface area contributed by atoms with Crippen LogP contribution in [0.3, 0.4) is 0 Å². The minimum Gasteiger partial charge on any atom is -0.477 e. The molecular weight excluding hydrogens is 178 g/mol. The van der Waals surface area contributed by atoms with Crippen molar-refractivity contribution in [2.75, 3.05) is 0 Å². The Bertz CT molecular complexity index is 334. The minimum absolute atomic E-state index is 0.0527. The van der Waals surface area contributed by atoms with Gasteiger partial charge in [0.25, 0.3) is 0 Å². The van der Waals surface area contributed by atoms with Crippen LogP contribution in [0.1, 0.15) is 33.6 Å². The lowest BCUT2D eigenvalue weighted by atomic mass is 9.91. The lowest BCUT2D eigenvalue weighted by molar-refractivity contribution is -0.132. The quantitative estimate of drug-likeness (QED) is 0.513. The number of allylic oxidation sites excluding steroid dienone is 1. The predicted molar refractivity (Wildman–Crippen MR) is 52.5 cm³/mol. The van der Waals surface area contributed by atoms with Crippen LogP contribution in [0.5, 0.6) is 0 Å². The summed E-state index contributed by atoms with van der Waals surface area (Å²) in [5.74, 6) is -0.872. The van der Waals surface area contributed by atoms with Gasteiger partial charge in [-0.3, -0.25) is 0 Å². The van der Waals surface area contributed by atoms with Gasteiger partial charge in [-0.15, -0.1) is 0 Å². The second kappa shape index (κ2) is 3.45. The van der Waals surface area contributed by atoms with Gasteiger partial charge in [0.15, 0.2) is 0 Å². The first-order valence-corrected chi connectivity index (χ1v) is 4.74.